The van der Waals surface area contributed by atoms with E-state index in [1.807, 2.05) is 30.3 Å². The highest BCUT2D eigenvalue weighted by Crippen LogP contribution is 1.95. The molecule has 0 saturated heterocycles. The van der Waals surface area contributed by atoms with Crippen molar-refractivity contribution in [3.8, 4) is 0 Å². The van der Waals surface area contributed by atoms with Gasteiger partial charge < -0.3 is 11.2 Å². The number of rotatable bonds is 0. The van der Waals surface area contributed by atoms with Crippen LogP contribution in [0, 0.1) is 0 Å². The average Bonchev–Trinajstić information content (AvgIpc) is 1.94. The molecule has 4 nitrogen and oxygen atoms in total. The maximum Gasteiger partial charge on any atom is 0.0313 e. The van der Waals surface area contributed by atoms with Crippen LogP contribution in [0.2, 0.25) is 0 Å². The zero-order valence-electron chi connectivity index (χ0n) is 5.62. The summed E-state index contributed by atoms with van der Waals surface area (Å²) in [7, 11) is 0. The van der Waals surface area contributed by atoms with Gasteiger partial charge in [0.1, 0.15) is 0 Å². The van der Waals surface area contributed by atoms with Gasteiger partial charge in [-0.05, 0) is 12.1 Å². The van der Waals surface area contributed by atoms with Crippen LogP contribution in [-0.4, -0.2) is 5.48 Å². The molecule has 0 aliphatic rings. The quantitative estimate of drug-likeness (QED) is 0.253. The second-order valence-corrected chi connectivity index (χ2v) is 1.41. The van der Waals surface area contributed by atoms with Crippen molar-refractivity contribution in [3.05, 3.63) is 30.3 Å². The summed E-state index contributed by atoms with van der Waals surface area (Å²) < 4.78 is 0. The predicted molar refractivity (Wildman–Crippen MR) is 42.8 cm³/mol. The van der Waals surface area contributed by atoms with Gasteiger partial charge in [0, 0.05) is 5.69 Å². The van der Waals surface area contributed by atoms with Crippen LogP contribution >= 0.6 is 0 Å². The molecular formula is C6H13N3O. The lowest BCUT2D eigenvalue weighted by Gasteiger charge is -1.83. The van der Waals surface area contributed by atoms with Crippen LogP contribution in [-0.2, 0) is 0 Å². The predicted octanol–water partition coefficient (Wildman–Crippen LogP) is -0.737. The van der Waals surface area contributed by atoms with Gasteiger partial charge in [-0.2, -0.15) is 0 Å². The molecule has 0 atom stereocenters. The fourth-order valence-electron chi connectivity index (χ4n) is 0.453. The monoisotopic (exact) mass is 143 g/mol. The van der Waals surface area contributed by atoms with Crippen molar-refractivity contribution >= 4 is 5.69 Å². The van der Waals surface area contributed by atoms with Gasteiger partial charge in [-0.1, -0.05) is 18.2 Å². The average molecular weight is 143 g/mol. The third-order valence-corrected chi connectivity index (χ3v) is 0.800. The maximum absolute atomic E-state index is 5.36. The van der Waals surface area contributed by atoms with Crippen LogP contribution in [0.3, 0.4) is 0 Å². The zero-order valence-corrected chi connectivity index (χ0v) is 5.62. The van der Waals surface area contributed by atoms with Crippen LogP contribution < -0.4 is 17.4 Å². The van der Waals surface area contributed by atoms with Crippen LogP contribution in [0.4, 0.5) is 5.69 Å². The van der Waals surface area contributed by atoms with Gasteiger partial charge in [-0.15, -0.1) is 0 Å². The van der Waals surface area contributed by atoms with Crippen molar-refractivity contribution in [2.75, 3.05) is 5.73 Å². The highest BCUT2D eigenvalue weighted by molar-refractivity contribution is 5.35. The Morgan fingerprint density at radius 3 is 1.50 bits per heavy atom. The summed E-state index contributed by atoms with van der Waals surface area (Å²) in [6, 6.07) is 9.49. The largest absolute Gasteiger partial charge is 0.412 e. The number of para-hydroxylation sites is 1. The van der Waals surface area contributed by atoms with E-state index in [-0.39, 0.29) is 5.48 Å². The van der Waals surface area contributed by atoms with Crippen LogP contribution in [0.5, 0.6) is 0 Å². The minimum Gasteiger partial charge on any atom is -0.412 e. The third-order valence-electron chi connectivity index (χ3n) is 0.800. The van der Waals surface area contributed by atoms with Gasteiger partial charge in [-0.3, -0.25) is 11.7 Å². The van der Waals surface area contributed by atoms with E-state index in [1.54, 1.807) is 0 Å². The first-order valence-corrected chi connectivity index (χ1v) is 2.53. The Morgan fingerprint density at radius 2 is 1.30 bits per heavy atom. The summed E-state index contributed by atoms with van der Waals surface area (Å²) in [5, 5.41) is 0. The molecule has 0 fully saturated rings. The molecule has 0 amide bonds. The number of nitrogen functional groups attached to an aromatic ring is 1. The molecule has 58 valence electrons. The van der Waals surface area contributed by atoms with E-state index in [4.69, 9.17) is 5.73 Å². The van der Waals surface area contributed by atoms with Gasteiger partial charge in [0.15, 0.2) is 0 Å². The summed E-state index contributed by atoms with van der Waals surface area (Å²) >= 11 is 0. The van der Waals surface area contributed by atoms with Crippen LogP contribution in [0.1, 0.15) is 0 Å². The fraction of sp³-hybridized carbons (Fsp3) is 0. The number of hydrogen-bond donors (Lipinski definition) is 3. The SMILES string of the molecule is NN.Nc1ccccc1.O. The number of anilines is 1. The van der Waals surface area contributed by atoms with Gasteiger partial charge in [0.05, 0.1) is 0 Å². The summed E-state index contributed by atoms with van der Waals surface area (Å²) in [5.41, 5.74) is 6.18. The summed E-state index contributed by atoms with van der Waals surface area (Å²) in [4.78, 5) is 0. The summed E-state index contributed by atoms with van der Waals surface area (Å²) in [6.45, 7) is 0. The highest BCUT2D eigenvalue weighted by atomic mass is 16.0. The normalized spacial score (nSPS) is 6.60. The Morgan fingerprint density at radius 1 is 0.900 bits per heavy atom. The number of nitrogens with two attached hydrogens (primary N) is 3. The Labute approximate surface area is 59.9 Å². The maximum atomic E-state index is 5.36. The lowest BCUT2D eigenvalue weighted by Crippen LogP contribution is -2.02. The van der Waals surface area contributed by atoms with Gasteiger partial charge >= 0.3 is 0 Å². The van der Waals surface area contributed by atoms with E-state index in [2.05, 4.69) is 11.7 Å². The van der Waals surface area contributed by atoms with Crippen LogP contribution in [0.15, 0.2) is 30.3 Å². The molecule has 0 aliphatic carbocycles. The minimum absolute atomic E-state index is 0. The molecule has 1 aromatic carbocycles. The molecule has 0 heterocycles. The molecule has 4 heteroatoms. The van der Waals surface area contributed by atoms with Crippen LogP contribution in [0.25, 0.3) is 0 Å². The highest BCUT2D eigenvalue weighted by Gasteiger charge is 1.72. The standard InChI is InChI=1S/C6H7N.H4N2.H2O/c7-6-4-2-1-3-5-6;1-2;/h1-5H,7H2;1-2H2;1H2. The van der Waals surface area contributed by atoms with Crippen molar-refractivity contribution in [2.24, 2.45) is 11.7 Å². The smallest absolute Gasteiger partial charge is 0.0313 e. The van der Waals surface area contributed by atoms with Crippen molar-refractivity contribution in [3.63, 3.8) is 0 Å². The van der Waals surface area contributed by atoms with Gasteiger partial charge in [-0.25, -0.2) is 0 Å². The summed E-state index contributed by atoms with van der Waals surface area (Å²) in [6.07, 6.45) is 0. The molecule has 0 saturated carbocycles. The summed E-state index contributed by atoms with van der Waals surface area (Å²) in [5.74, 6) is 8.00. The van der Waals surface area contributed by atoms with Gasteiger partial charge in [0.25, 0.3) is 0 Å². The van der Waals surface area contributed by atoms with Crippen molar-refractivity contribution < 1.29 is 5.48 Å². The Kier molecular flexibility index (Phi) is 9.22. The Balaban J connectivity index is 0. The van der Waals surface area contributed by atoms with E-state index in [9.17, 15) is 0 Å². The molecule has 10 heavy (non-hydrogen) atoms. The first-order chi connectivity index (χ1) is 4.39. The van der Waals surface area contributed by atoms with E-state index >= 15 is 0 Å². The second kappa shape index (κ2) is 7.90. The lowest BCUT2D eigenvalue weighted by molar-refractivity contribution is 0.824. The first kappa shape index (κ1) is 11.7. The Hall–Kier alpha value is -1.10. The topological polar surface area (TPSA) is 110 Å². The van der Waals surface area contributed by atoms with Crippen molar-refractivity contribution in [2.45, 2.75) is 0 Å². The molecule has 0 spiro atoms. The lowest BCUT2D eigenvalue weighted by atomic mass is 10.3. The molecule has 8 N–H and O–H groups in total. The third kappa shape index (κ3) is 5.04. The van der Waals surface area contributed by atoms with Gasteiger partial charge in [0.2, 0.25) is 0 Å². The minimum atomic E-state index is 0. The van der Waals surface area contributed by atoms with Crippen molar-refractivity contribution in [1.82, 2.24) is 0 Å². The fourth-order valence-corrected chi connectivity index (χ4v) is 0.453. The second-order valence-electron chi connectivity index (χ2n) is 1.41. The molecular weight excluding hydrogens is 130 g/mol. The zero-order chi connectivity index (χ0) is 7.11. The van der Waals surface area contributed by atoms with E-state index in [1.165, 1.54) is 0 Å². The van der Waals surface area contributed by atoms with E-state index in [0.29, 0.717) is 0 Å². The molecule has 0 bridgehead atoms. The molecule has 1 rings (SSSR count). The number of hydrazine groups is 1. The molecule has 0 aliphatic heterocycles. The van der Waals surface area contributed by atoms with Crippen molar-refractivity contribution in [1.29, 1.82) is 0 Å². The molecule has 0 aromatic heterocycles. The van der Waals surface area contributed by atoms with E-state index in [0.717, 1.165) is 5.69 Å². The first-order valence-electron chi connectivity index (χ1n) is 2.53. The molecule has 1 aromatic rings. The van der Waals surface area contributed by atoms with E-state index < -0.39 is 0 Å². The number of benzene rings is 1. The molecule has 0 unspecified atom stereocenters. The Bertz CT molecular complexity index is 143. The molecule has 0 radical (unpaired) electrons. The number of hydrogen-bond acceptors (Lipinski definition) is 3.